The molecule has 0 radical (unpaired) electrons. The fraction of sp³-hybridized carbons (Fsp3) is 0.125. The van der Waals surface area contributed by atoms with Gasteiger partial charge in [-0.2, -0.15) is 24.4 Å². The van der Waals surface area contributed by atoms with E-state index in [2.05, 4.69) is 59.5 Å². The third-order valence-corrected chi connectivity index (χ3v) is 9.73. The molecule has 0 saturated carbocycles. The van der Waals surface area contributed by atoms with Crippen LogP contribution in [0.1, 0.15) is 7.43 Å². The molecule has 0 unspecified atom stereocenters. The van der Waals surface area contributed by atoms with Crippen molar-refractivity contribution in [2.24, 2.45) is 20.5 Å². The summed E-state index contributed by atoms with van der Waals surface area (Å²) >= 11 is 12.2. The summed E-state index contributed by atoms with van der Waals surface area (Å²) in [4.78, 5) is 10.5. The fourth-order valence-electron chi connectivity index (χ4n) is 3.63. The smallest absolute Gasteiger partial charge is 0.744 e. The van der Waals surface area contributed by atoms with E-state index in [-0.39, 0.29) is 170 Å². The zero-order valence-corrected chi connectivity index (χ0v) is 38.4. The molecule has 31 heteroatoms. The number of nitrogens with two attached hydrogens (primary N) is 2. The van der Waals surface area contributed by atoms with Crippen molar-refractivity contribution in [3.63, 3.8) is 0 Å². The number of anilines is 4. The average molecular weight is 910 g/mol. The fourth-order valence-corrected chi connectivity index (χ4v) is 6.43. The molecule has 3 aromatic carbocycles. The molecule has 4 rings (SSSR count). The average Bonchev–Trinajstić information content (AvgIpc) is 3.06. The number of rotatable bonds is 17. The van der Waals surface area contributed by atoms with E-state index < -0.39 is 42.0 Å². The first-order chi connectivity index (χ1) is 24.2. The molecule has 0 saturated heterocycles. The number of azo groups is 2. The number of aromatic nitrogens is 3. The SMILES string of the molecule is C.Nc1c(N=Nc2ccc(S(=O)(=O)CCOSOO[O-])cc2)cc(S(=O)(=O)[O-])c(N)c1N=Nc1cc(Nc2nc(Cl)nc(Cl)n2)ccc1SOO[O-].[Na+].[Na+].[Na+]. The van der Waals surface area contributed by atoms with Gasteiger partial charge in [-0.25, -0.2) is 16.8 Å². The number of sulfone groups is 1. The van der Waals surface area contributed by atoms with Gasteiger partial charge in [0.25, 0.3) is 0 Å². The Hall–Kier alpha value is -0.870. The first-order valence-corrected chi connectivity index (χ1v) is 18.1. The van der Waals surface area contributed by atoms with Gasteiger partial charge in [0.15, 0.2) is 22.2 Å². The van der Waals surface area contributed by atoms with Crippen LogP contribution in [0.15, 0.2) is 83.7 Å². The van der Waals surface area contributed by atoms with Gasteiger partial charge < -0.3 is 31.9 Å². The molecule has 0 atom stereocenters. The Balaban J connectivity index is 0.00000729. The van der Waals surface area contributed by atoms with Gasteiger partial charge in [-0.1, -0.05) is 7.43 Å². The van der Waals surface area contributed by atoms with Crippen LogP contribution in [0.25, 0.3) is 0 Å². The van der Waals surface area contributed by atoms with Gasteiger partial charge in [0.1, 0.15) is 27.2 Å². The summed E-state index contributed by atoms with van der Waals surface area (Å²) in [7, 11) is -9.06. The van der Waals surface area contributed by atoms with Gasteiger partial charge in [0.05, 0.1) is 56.2 Å². The Morgan fingerprint density at radius 1 is 0.800 bits per heavy atom. The number of benzene rings is 3. The van der Waals surface area contributed by atoms with Gasteiger partial charge in [-0.05, 0) is 71.7 Å². The van der Waals surface area contributed by atoms with E-state index in [1.165, 1.54) is 42.5 Å². The van der Waals surface area contributed by atoms with E-state index in [9.17, 15) is 31.9 Å². The van der Waals surface area contributed by atoms with Crippen LogP contribution in [-0.4, -0.2) is 48.7 Å². The third-order valence-electron chi connectivity index (χ3n) is 5.80. The van der Waals surface area contributed by atoms with Crippen LogP contribution < -0.4 is 116 Å². The summed E-state index contributed by atoms with van der Waals surface area (Å²) in [5.41, 5.74) is 10.6. The van der Waals surface area contributed by atoms with E-state index in [1.807, 2.05) is 0 Å². The van der Waals surface area contributed by atoms with Gasteiger partial charge in [-0.3, -0.25) is 14.3 Å². The predicted octanol–water partition coefficient (Wildman–Crippen LogP) is -4.72. The number of nitrogens with one attached hydrogen (secondary N) is 1. The second kappa shape index (κ2) is 25.6. The first-order valence-electron chi connectivity index (χ1n) is 12.9. The largest absolute Gasteiger partial charge is 1.00 e. The maximum absolute atomic E-state index is 12.5. The van der Waals surface area contributed by atoms with Crippen LogP contribution in [0.4, 0.5) is 45.8 Å². The summed E-state index contributed by atoms with van der Waals surface area (Å²) < 4.78 is 74.3. The summed E-state index contributed by atoms with van der Waals surface area (Å²) in [6.45, 7) is -0.338. The normalized spacial score (nSPS) is 11.4. The van der Waals surface area contributed by atoms with Crippen LogP contribution in [-0.2, 0) is 42.9 Å². The van der Waals surface area contributed by atoms with Gasteiger partial charge >= 0.3 is 88.7 Å². The van der Waals surface area contributed by atoms with Gasteiger partial charge in [0.2, 0.25) is 16.5 Å². The standard InChI is InChI=1S/C23H20Cl2N10O12S4.CH4.3Na/c24-21-29-22(25)31-23(30-21)28-12-3-6-16(48-46-44-36)14(9-12)33-35-20-18(26)15(10-17(19(20)27)51(40,41)42)34-32-11-1-4-13(5-2-11)50(38,39)8-7-43-49-47-45-37;;;;/h1-6,9-10,36-37H,7-8,26-27H2,(H,40,41,42)(H,28,29,30,31);1H4;;;/q;;3*+1/p-3. The zero-order valence-electron chi connectivity index (χ0n) is 27.6. The first kappa shape index (κ1) is 54.1. The van der Waals surface area contributed by atoms with Crippen LogP contribution in [0.3, 0.4) is 0 Å². The Morgan fingerprint density at radius 2 is 1.42 bits per heavy atom. The monoisotopic (exact) mass is 908 g/mol. The molecule has 1 heterocycles. The summed E-state index contributed by atoms with van der Waals surface area (Å²) in [6, 6.07) is 9.95. The van der Waals surface area contributed by atoms with Crippen LogP contribution >= 0.6 is 47.6 Å². The van der Waals surface area contributed by atoms with Crippen molar-refractivity contribution in [2.45, 2.75) is 22.1 Å². The second-order valence-corrected chi connectivity index (χ2v) is 14.4. The van der Waals surface area contributed by atoms with E-state index in [4.69, 9.17) is 38.9 Å². The Morgan fingerprint density at radius 3 is 2.02 bits per heavy atom. The molecule has 280 valence electrons. The van der Waals surface area contributed by atoms with E-state index in [0.717, 1.165) is 6.07 Å². The molecule has 0 aliphatic rings. The quantitative estimate of drug-likeness (QED) is 0.0131. The van der Waals surface area contributed by atoms with E-state index in [1.54, 1.807) is 0 Å². The Labute approximate surface area is 397 Å². The number of nitrogens with zero attached hydrogens (tertiary/aromatic N) is 7. The maximum Gasteiger partial charge on any atom is 1.00 e. The minimum absolute atomic E-state index is 0. The molecule has 0 amide bonds. The topological polar surface area (TPSA) is 336 Å². The Bertz CT molecular complexity index is 2150. The van der Waals surface area contributed by atoms with Crippen molar-refractivity contribution in [1.29, 1.82) is 0 Å². The summed E-state index contributed by atoms with van der Waals surface area (Å²) in [5.74, 6) is -0.530. The molecule has 0 aliphatic carbocycles. The van der Waals surface area contributed by atoms with Crippen molar-refractivity contribution in [1.82, 2.24) is 15.0 Å². The van der Waals surface area contributed by atoms with Gasteiger partial charge in [0, 0.05) is 5.69 Å². The summed E-state index contributed by atoms with van der Waals surface area (Å²) in [6.07, 6.45) is 0. The van der Waals surface area contributed by atoms with Crippen LogP contribution in [0, 0.1) is 0 Å². The molecular formula is C24H21Cl2N10Na3O12S4. The minimum Gasteiger partial charge on any atom is -0.744 e. The third kappa shape index (κ3) is 16.4. The molecule has 0 aliphatic heterocycles. The molecule has 0 spiro atoms. The predicted molar refractivity (Wildman–Crippen MR) is 180 cm³/mol. The van der Waals surface area contributed by atoms with Crippen LogP contribution in [0.5, 0.6) is 0 Å². The van der Waals surface area contributed by atoms with Crippen molar-refractivity contribution in [3.05, 3.63) is 59.1 Å². The molecule has 4 aromatic rings. The molecular weight excluding hydrogens is 888 g/mol. The molecule has 5 N–H and O–H groups in total. The van der Waals surface area contributed by atoms with E-state index >= 15 is 0 Å². The second-order valence-electron chi connectivity index (χ2n) is 8.99. The van der Waals surface area contributed by atoms with Crippen molar-refractivity contribution in [2.75, 3.05) is 29.1 Å². The van der Waals surface area contributed by atoms with Crippen molar-refractivity contribution < 1.29 is 144 Å². The van der Waals surface area contributed by atoms with Crippen molar-refractivity contribution >= 4 is 113 Å². The number of hydrogen-bond donors (Lipinski definition) is 3. The minimum atomic E-state index is -5.23. The van der Waals surface area contributed by atoms with E-state index in [0.29, 0.717) is 12.0 Å². The number of halogens is 2. The Kier molecular flexibility index (Phi) is 25.2. The molecule has 55 heavy (non-hydrogen) atoms. The molecule has 0 fully saturated rings. The van der Waals surface area contributed by atoms with Gasteiger partial charge in [-0.15, -0.1) is 19.7 Å². The zero-order chi connectivity index (χ0) is 37.2. The number of nitrogen functional groups attached to an aromatic ring is 2. The summed E-state index contributed by atoms with van der Waals surface area (Å²) in [5, 5.41) is 44.9. The molecule has 22 nitrogen and oxygen atoms in total. The maximum atomic E-state index is 12.5. The van der Waals surface area contributed by atoms with Crippen molar-refractivity contribution in [3.8, 4) is 0 Å². The molecule has 1 aromatic heterocycles. The number of hydrogen-bond acceptors (Lipinski definition) is 24. The van der Waals surface area contributed by atoms with Crippen LogP contribution in [0.2, 0.25) is 10.6 Å². The molecule has 0 bridgehead atoms.